The number of nitrogens with zero attached hydrogens (tertiary/aromatic N) is 1. The number of carbonyl (C=O) groups excluding carboxylic acids is 2. The van der Waals surface area contributed by atoms with Crippen LogP contribution in [0, 0.1) is 6.92 Å². The van der Waals surface area contributed by atoms with Crippen molar-refractivity contribution < 1.29 is 19.4 Å². The molecule has 140 valence electrons. The first kappa shape index (κ1) is 19.1. The molecule has 2 amide bonds. The summed E-state index contributed by atoms with van der Waals surface area (Å²) in [6.07, 6.45) is 1.59. The number of phenols is 1. The molecule has 1 saturated heterocycles. The van der Waals surface area contributed by atoms with Gasteiger partial charge in [-0.2, -0.15) is 0 Å². The lowest BCUT2D eigenvalue weighted by Gasteiger charge is -2.16. The topological polar surface area (TPSA) is 78.9 Å². The number of ether oxygens (including phenoxy) is 1. The summed E-state index contributed by atoms with van der Waals surface area (Å²) in [4.78, 5) is 26.3. The lowest BCUT2D eigenvalue weighted by atomic mass is 10.2. The predicted octanol–water partition coefficient (Wildman–Crippen LogP) is 4.47. The van der Waals surface area contributed by atoms with E-state index in [1.54, 1.807) is 30.3 Å². The summed E-state index contributed by atoms with van der Waals surface area (Å²) < 4.78 is 5.06. The Morgan fingerprint density at radius 2 is 2.04 bits per heavy atom. The van der Waals surface area contributed by atoms with Gasteiger partial charge in [-0.15, -0.1) is 0 Å². The zero-order valence-electron chi connectivity index (χ0n) is 14.7. The van der Waals surface area contributed by atoms with Crippen LogP contribution in [0.4, 0.5) is 10.5 Å². The molecular weight excluding hydrogens is 388 g/mol. The third kappa shape index (κ3) is 4.20. The van der Waals surface area contributed by atoms with Gasteiger partial charge in [-0.3, -0.25) is 14.5 Å². The van der Waals surface area contributed by atoms with Crippen molar-refractivity contribution in [2.75, 3.05) is 19.1 Å². The number of aromatic hydroxyl groups is 1. The zero-order chi connectivity index (χ0) is 19.6. The van der Waals surface area contributed by atoms with Gasteiger partial charge >= 0.3 is 0 Å². The number of hydrogen-bond acceptors (Lipinski definition) is 6. The van der Waals surface area contributed by atoms with E-state index in [0.717, 1.165) is 27.9 Å². The maximum atomic E-state index is 12.6. The maximum Gasteiger partial charge on any atom is 0.295 e. The second-order valence-corrected chi connectivity index (χ2v) is 7.26. The van der Waals surface area contributed by atoms with Gasteiger partial charge in [0.15, 0.2) is 11.5 Å². The number of thioether (sulfide) groups is 1. The van der Waals surface area contributed by atoms with Gasteiger partial charge in [0.25, 0.3) is 11.1 Å². The smallest absolute Gasteiger partial charge is 0.295 e. The Morgan fingerprint density at radius 1 is 1.26 bits per heavy atom. The summed E-state index contributed by atoms with van der Waals surface area (Å²) in [5.74, 6) is -0.0888. The number of hydrogen-bond donors (Lipinski definition) is 2. The molecule has 0 spiro atoms. The van der Waals surface area contributed by atoms with Crippen LogP contribution in [0.2, 0.25) is 5.02 Å². The first-order valence-corrected chi connectivity index (χ1v) is 9.21. The van der Waals surface area contributed by atoms with Crippen molar-refractivity contribution >= 4 is 46.3 Å². The van der Waals surface area contributed by atoms with Gasteiger partial charge in [0, 0.05) is 10.7 Å². The second-order valence-electron chi connectivity index (χ2n) is 5.84. The number of halogens is 1. The van der Waals surface area contributed by atoms with Gasteiger partial charge in [0.1, 0.15) is 0 Å². The van der Waals surface area contributed by atoms with Gasteiger partial charge in [0.05, 0.1) is 18.7 Å². The molecule has 2 aromatic rings. The Morgan fingerprint density at radius 3 is 2.78 bits per heavy atom. The maximum absolute atomic E-state index is 12.6. The van der Waals surface area contributed by atoms with E-state index in [2.05, 4.69) is 5.32 Å². The Labute approximate surface area is 165 Å². The molecule has 0 unspecified atom stereocenters. The first-order valence-electron chi connectivity index (χ1n) is 8.01. The van der Waals surface area contributed by atoms with Gasteiger partial charge in [0.2, 0.25) is 0 Å². The summed E-state index contributed by atoms with van der Waals surface area (Å²) in [6, 6.07) is 10.1. The van der Waals surface area contributed by atoms with Crippen LogP contribution < -0.4 is 10.1 Å². The number of nitrogens with one attached hydrogen (secondary N) is 1. The number of benzene rings is 2. The Balaban J connectivity index is 1.76. The van der Waals surface area contributed by atoms with Crippen molar-refractivity contribution in [1.82, 2.24) is 4.90 Å². The second kappa shape index (κ2) is 7.94. The lowest BCUT2D eigenvalue weighted by Crippen LogP contribution is -2.33. The number of anilines is 1. The summed E-state index contributed by atoms with van der Waals surface area (Å²) in [7, 11) is 1.44. The Kier molecular flexibility index (Phi) is 5.62. The fourth-order valence-electron chi connectivity index (χ4n) is 2.52. The molecule has 0 aliphatic carbocycles. The predicted molar refractivity (Wildman–Crippen MR) is 107 cm³/mol. The van der Waals surface area contributed by atoms with E-state index < -0.39 is 0 Å². The number of phenolic OH excluding ortho intramolecular Hbond substituents is 1. The fraction of sp³-hybridized carbons (Fsp3) is 0.158. The molecule has 3 rings (SSSR count). The molecule has 27 heavy (non-hydrogen) atoms. The van der Waals surface area contributed by atoms with Crippen LogP contribution >= 0.6 is 23.4 Å². The minimum absolute atomic E-state index is 0.00356. The van der Waals surface area contributed by atoms with Crippen LogP contribution in [0.5, 0.6) is 11.5 Å². The van der Waals surface area contributed by atoms with Crippen LogP contribution in [0.1, 0.15) is 11.1 Å². The highest BCUT2D eigenvalue weighted by Gasteiger charge is 2.34. The lowest BCUT2D eigenvalue weighted by molar-refractivity contribution is -0.122. The SMILES string of the molecule is COc1cc(/C=C2/SC(=O)N(CNc3cc(Cl)ccc3C)C2=O)ccc1O. The number of imide groups is 1. The van der Waals surface area contributed by atoms with Crippen LogP contribution in [-0.2, 0) is 4.79 Å². The molecule has 1 aliphatic heterocycles. The van der Waals surface area contributed by atoms with Gasteiger partial charge in [-0.05, 0) is 60.2 Å². The highest BCUT2D eigenvalue weighted by molar-refractivity contribution is 8.18. The van der Waals surface area contributed by atoms with E-state index in [4.69, 9.17) is 16.3 Å². The van der Waals surface area contributed by atoms with E-state index in [1.807, 2.05) is 13.0 Å². The van der Waals surface area contributed by atoms with E-state index >= 15 is 0 Å². The molecule has 0 bridgehead atoms. The zero-order valence-corrected chi connectivity index (χ0v) is 16.2. The molecule has 0 atom stereocenters. The van der Waals surface area contributed by atoms with Crippen molar-refractivity contribution in [3.63, 3.8) is 0 Å². The van der Waals surface area contributed by atoms with Crippen LogP contribution in [-0.4, -0.2) is 34.9 Å². The van der Waals surface area contributed by atoms with Crippen molar-refractivity contribution in [2.24, 2.45) is 0 Å². The summed E-state index contributed by atoms with van der Waals surface area (Å²) >= 11 is 6.86. The van der Waals surface area contributed by atoms with E-state index in [-0.39, 0.29) is 23.6 Å². The molecule has 8 heteroatoms. The summed E-state index contributed by atoms with van der Waals surface area (Å²) in [5, 5.41) is 12.9. The summed E-state index contributed by atoms with van der Waals surface area (Å²) in [5.41, 5.74) is 2.36. The van der Waals surface area contributed by atoms with Crippen molar-refractivity contribution in [3.05, 3.63) is 57.5 Å². The number of methoxy groups -OCH3 is 1. The number of amides is 2. The quantitative estimate of drug-likeness (QED) is 0.716. The third-order valence-electron chi connectivity index (χ3n) is 4.00. The molecule has 6 nitrogen and oxygen atoms in total. The van der Waals surface area contributed by atoms with Gasteiger partial charge < -0.3 is 15.2 Å². The molecule has 0 radical (unpaired) electrons. The van der Waals surface area contributed by atoms with Gasteiger partial charge in [-0.1, -0.05) is 23.7 Å². The van der Waals surface area contributed by atoms with E-state index in [1.165, 1.54) is 13.2 Å². The summed E-state index contributed by atoms with van der Waals surface area (Å²) in [6.45, 7) is 1.95. The third-order valence-corrected chi connectivity index (χ3v) is 5.14. The first-order chi connectivity index (χ1) is 12.9. The fourth-order valence-corrected chi connectivity index (χ4v) is 3.53. The van der Waals surface area contributed by atoms with Gasteiger partial charge in [-0.25, -0.2) is 0 Å². The standard InChI is InChI=1S/C19H17ClN2O4S/c1-11-3-5-13(20)9-14(11)21-10-22-18(24)17(27-19(22)25)8-12-4-6-15(23)16(7-12)26-2/h3-9,21,23H,10H2,1-2H3/b17-8+. The Hall–Kier alpha value is -2.64. The average Bonchev–Trinajstić information content (AvgIpc) is 2.90. The number of carbonyl (C=O) groups is 2. The van der Waals surface area contributed by atoms with Crippen LogP contribution in [0.25, 0.3) is 6.08 Å². The molecule has 0 saturated carbocycles. The largest absolute Gasteiger partial charge is 0.504 e. The molecule has 1 heterocycles. The molecule has 2 N–H and O–H groups in total. The number of aryl methyl sites for hydroxylation is 1. The highest BCUT2D eigenvalue weighted by Crippen LogP contribution is 2.34. The van der Waals surface area contributed by atoms with Crippen LogP contribution in [0.3, 0.4) is 0 Å². The minimum atomic E-state index is -0.385. The molecule has 2 aromatic carbocycles. The molecule has 0 aromatic heterocycles. The van der Waals surface area contributed by atoms with E-state index in [9.17, 15) is 14.7 Å². The van der Waals surface area contributed by atoms with Crippen molar-refractivity contribution in [2.45, 2.75) is 6.92 Å². The normalized spacial score (nSPS) is 15.5. The highest BCUT2D eigenvalue weighted by atomic mass is 35.5. The minimum Gasteiger partial charge on any atom is -0.504 e. The molecular formula is C19H17ClN2O4S. The van der Waals surface area contributed by atoms with Crippen molar-refractivity contribution in [3.8, 4) is 11.5 Å². The molecule has 1 aliphatic rings. The monoisotopic (exact) mass is 404 g/mol. The molecule has 1 fully saturated rings. The van der Waals surface area contributed by atoms with Crippen LogP contribution in [0.15, 0.2) is 41.3 Å². The Bertz CT molecular complexity index is 945. The van der Waals surface area contributed by atoms with Crippen molar-refractivity contribution in [1.29, 1.82) is 0 Å². The number of rotatable bonds is 5. The average molecular weight is 405 g/mol. The van der Waals surface area contributed by atoms with E-state index in [0.29, 0.717) is 21.2 Å².